The minimum Gasteiger partial charge on any atom is -0.486 e. The van der Waals surface area contributed by atoms with Gasteiger partial charge in [-0.15, -0.1) is 0 Å². The number of likely N-dealkylation sites (N-methyl/N-ethyl adjacent to an activating group) is 1. The highest BCUT2D eigenvalue weighted by Gasteiger charge is 2.27. The molecule has 0 saturated carbocycles. The molecule has 1 N–H and O–H groups in total. The molecule has 4 rings (SSSR count). The van der Waals surface area contributed by atoms with Crippen molar-refractivity contribution in [2.75, 3.05) is 32.6 Å². The zero-order valence-electron chi connectivity index (χ0n) is 18.3. The standard InChI is InChI=1S/C24H25ClN4O3/c1-15-5-4-6-16(7-15)10-26-24-27-11-18(12-28-24)17-8-20(23(30)31-3)22(25)21(9-17)32-19-13-29(2)14-19/h4-9,11-12,19H,10,13-14H2,1-3H3,(H,26,27,28). The molecule has 1 saturated heterocycles. The smallest absolute Gasteiger partial charge is 0.339 e. The lowest BCUT2D eigenvalue weighted by Gasteiger charge is -2.36. The molecule has 0 amide bonds. The molecule has 1 aliphatic heterocycles. The van der Waals surface area contributed by atoms with Crippen LogP contribution in [0.1, 0.15) is 21.5 Å². The topological polar surface area (TPSA) is 76.6 Å². The first-order valence-corrected chi connectivity index (χ1v) is 10.7. The Balaban J connectivity index is 1.55. The fourth-order valence-corrected chi connectivity index (χ4v) is 3.81. The summed E-state index contributed by atoms with van der Waals surface area (Å²) in [7, 11) is 3.34. The number of benzene rings is 2. The normalized spacial score (nSPS) is 14.0. The van der Waals surface area contributed by atoms with Crippen LogP contribution in [-0.2, 0) is 11.3 Å². The van der Waals surface area contributed by atoms with Crippen LogP contribution in [0, 0.1) is 6.92 Å². The third-order valence-electron chi connectivity index (χ3n) is 5.29. The fourth-order valence-electron chi connectivity index (χ4n) is 3.58. The Kier molecular flexibility index (Phi) is 6.58. The minimum absolute atomic E-state index is 0.0303. The summed E-state index contributed by atoms with van der Waals surface area (Å²) in [4.78, 5) is 23.3. The number of nitrogens with one attached hydrogen (secondary N) is 1. The van der Waals surface area contributed by atoms with Gasteiger partial charge in [-0.1, -0.05) is 41.4 Å². The molecule has 7 nitrogen and oxygen atoms in total. The number of methoxy groups -OCH3 is 1. The first-order chi connectivity index (χ1) is 15.4. The molecule has 1 aromatic heterocycles. The van der Waals surface area contributed by atoms with E-state index in [1.807, 2.05) is 19.2 Å². The molecule has 8 heteroatoms. The van der Waals surface area contributed by atoms with Gasteiger partial charge in [0.25, 0.3) is 0 Å². The molecular weight excluding hydrogens is 428 g/mol. The lowest BCUT2D eigenvalue weighted by Crippen LogP contribution is -2.51. The number of esters is 1. The molecule has 32 heavy (non-hydrogen) atoms. The van der Waals surface area contributed by atoms with Crippen molar-refractivity contribution in [3.05, 3.63) is 70.5 Å². The van der Waals surface area contributed by atoms with Gasteiger partial charge in [0.1, 0.15) is 11.9 Å². The average Bonchev–Trinajstić information content (AvgIpc) is 2.78. The van der Waals surface area contributed by atoms with E-state index in [4.69, 9.17) is 21.1 Å². The van der Waals surface area contributed by atoms with Crippen molar-refractivity contribution in [1.29, 1.82) is 0 Å². The van der Waals surface area contributed by atoms with E-state index in [9.17, 15) is 4.79 Å². The van der Waals surface area contributed by atoms with E-state index < -0.39 is 5.97 Å². The third-order valence-corrected chi connectivity index (χ3v) is 5.68. The van der Waals surface area contributed by atoms with E-state index in [2.05, 4.69) is 45.3 Å². The lowest BCUT2D eigenvalue weighted by molar-refractivity contribution is 0.0386. The van der Waals surface area contributed by atoms with Crippen LogP contribution >= 0.6 is 11.6 Å². The van der Waals surface area contributed by atoms with Crippen LogP contribution in [-0.4, -0.2) is 54.2 Å². The number of likely N-dealkylation sites (tertiary alicyclic amines) is 1. The van der Waals surface area contributed by atoms with E-state index in [1.165, 1.54) is 12.7 Å². The average molecular weight is 453 g/mol. The van der Waals surface area contributed by atoms with Crippen molar-refractivity contribution in [3.8, 4) is 16.9 Å². The molecule has 1 aliphatic rings. The Bertz CT molecular complexity index is 1110. The summed E-state index contributed by atoms with van der Waals surface area (Å²) in [6.45, 7) is 4.30. The predicted molar refractivity (Wildman–Crippen MR) is 124 cm³/mol. The van der Waals surface area contributed by atoms with E-state index >= 15 is 0 Å². The summed E-state index contributed by atoms with van der Waals surface area (Å²) < 4.78 is 10.9. The second kappa shape index (κ2) is 9.54. The predicted octanol–water partition coefficient (Wildman–Crippen LogP) is 4.20. The van der Waals surface area contributed by atoms with Crippen molar-refractivity contribution >= 4 is 23.5 Å². The van der Waals surface area contributed by atoms with Crippen LogP contribution in [0.3, 0.4) is 0 Å². The molecule has 166 valence electrons. The third kappa shape index (κ3) is 5.00. The van der Waals surface area contributed by atoms with Crippen molar-refractivity contribution in [2.24, 2.45) is 0 Å². The summed E-state index contributed by atoms with van der Waals surface area (Å²) >= 11 is 6.46. The molecule has 2 heterocycles. The van der Waals surface area contributed by atoms with Gasteiger partial charge in [-0.05, 0) is 37.2 Å². The molecule has 0 spiro atoms. The fraction of sp³-hybridized carbons (Fsp3) is 0.292. The van der Waals surface area contributed by atoms with Crippen LogP contribution in [0.2, 0.25) is 5.02 Å². The number of ether oxygens (including phenoxy) is 2. The van der Waals surface area contributed by atoms with Gasteiger partial charge in [0, 0.05) is 37.6 Å². The zero-order valence-corrected chi connectivity index (χ0v) is 19.0. The van der Waals surface area contributed by atoms with Crippen molar-refractivity contribution in [2.45, 2.75) is 19.6 Å². The maximum Gasteiger partial charge on any atom is 0.339 e. The van der Waals surface area contributed by atoms with Gasteiger partial charge in [0.2, 0.25) is 5.95 Å². The molecule has 1 fully saturated rings. The van der Waals surface area contributed by atoms with Gasteiger partial charge in [0.05, 0.1) is 17.7 Å². The summed E-state index contributed by atoms with van der Waals surface area (Å²) in [5, 5.41) is 3.47. The molecule has 0 atom stereocenters. The molecule has 0 aliphatic carbocycles. The molecular formula is C24H25ClN4O3. The van der Waals surface area contributed by atoms with E-state index in [1.54, 1.807) is 18.5 Å². The highest BCUT2D eigenvalue weighted by atomic mass is 35.5. The second-order valence-corrected chi connectivity index (χ2v) is 8.30. The number of anilines is 1. The molecule has 2 aromatic carbocycles. The van der Waals surface area contributed by atoms with Crippen LogP contribution in [0.5, 0.6) is 5.75 Å². The van der Waals surface area contributed by atoms with Crippen LogP contribution in [0.25, 0.3) is 11.1 Å². The second-order valence-electron chi connectivity index (χ2n) is 7.93. The number of halogens is 1. The van der Waals surface area contributed by atoms with Gasteiger partial charge < -0.3 is 14.8 Å². The Morgan fingerprint density at radius 2 is 1.94 bits per heavy atom. The first-order valence-electron chi connectivity index (χ1n) is 10.3. The number of hydrogen-bond acceptors (Lipinski definition) is 7. The number of rotatable bonds is 7. The maximum absolute atomic E-state index is 12.3. The monoisotopic (exact) mass is 452 g/mol. The van der Waals surface area contributed by atoms with E-state index in [-0.39, 0.29) is 16.7 Å². The Hall–Kier alpha value is -3.16. The highest BCUT2D eigenvalue weighted by Crippen LogP contribution is 2.36. The van der Waals surface area contributed by atoms with Crippen molar-refractivity contribution in [3.63, 3.8) is 0 Å². The van der Waals surface area contributed by atoms with Crippen molar-refractivity contribution in [1.82, 2.24) is 14.9 Å². The van der Waals surface area contributed by atoms with Gasteiger partial charge in [-0.25, -0.2) is 14.8 Å². The highest BCUT2D eigenvalue weighted by molar-refractivity contribution is 6.35. The van der Waals surface area contributed by atoms with Crippen LogP contribution in [0.15, 0.2) is 48.8 Å². The lowest BCUT2D eigenvalue weighted by atomic mass is 10.0. The van der Waals surface area contributed by atoms with Gasteiger partial charge in [-0.3, -0.25) is 4.90 Å². The van der Waals surface area contributed by atoms with Gasteiger partial charge in [-0.2, -0.15) is 0 Å². The molecule has 3 aromatic rings. The minimum atomic E-state index is -0.523. The largest absolute Gasteiger partial charge is 0.486 e. The number of aryl methyl sites for hydroxylation is 1. The zero-order chi connectivity index (χ0) is 22.7. The molecule has 0 unspecified atom stereocenters. The summed E-state index contributed by atoms with van der Waals surface area (Å²) in [5.41, 5.74) is 4.07. The van der Waals surface area contributed by atoms with Crippen LogP contribution in [0.4, 0.5) is 5.95 Å². The van der Waals surface area contributed by atoms with Crippen LogP contribution < -0.4 is 10.1 Å². The number of aromatic nitrogens is 2. The maximum atomic E-state index is 12.3. The summed E-state index contributed by atoms with van der Waals surface area (Å²) in [5.74, 6) is 0.445. The quantitative estimate of drug-likeness (QED) is 0.538. The van der Waals surface area contributed by atoms with Gasteiger partial charge in [0.15, 0.2) is 0 Å². The van der Waals surface area contributed by atoms with Gasteiger partial charge >= 0.3 is 5.97 Å². The number of nitrogens with zero attached hydrogens (tertiary/aromatic N) is 3. The Labute approximate surface area is 192 Å². The Morgan fingerprint density at radius 1 is 1.19 bits per heavy atom. The first kappa shape index (κ1) is 22.0. The summed E-state index contributed by atoms with van der Waals surface area (Å²) in [6, 6.07) is 11.7. The summed E-state index contributed by atoms with van der Waals surface area (Å²) in [6.07, 6.45) is 3.44. The number of carbonyl (C=O) groups excluding carboxylic acids is 1. The molecule has 0 bridgehead atoms. The van der Waals surface area contributed by atoms with Crippen molar-refractivity contribution < 1.29 is 14.3 Å². The van der Waals surface area contributed by atoms with E-state index in [0.717, 1.165) is 29.8 Å². The Morgan fingerprint density at radius 3 is 2.59 bits per heavy atom. The number of hydrogen-bond donors (Lipinski definition) is 1. The van der Waals surface area contributed by atoms with E-state index in [0.29, 0.717) is 18.2 Å². The SMILES string of the molecule is COC(=O)c1cc(-c2cnc(NCc3cccc(C)c3)nc2)cc(OC2CN(C)C2)c1Cl. The molecule has 0 radical (unpaired) electrons. The number of carbonyl (C=O) groups is 1.